The Morgan fingerprint density at radius 2 is 1.61 bits per heavy atom. The molecule has 5 heterocycles. The van der Waals surface area contributed by atoms with Crippen molar-refractivity contribution in [1.82, 2.24) is 24.9 Å². The van der Waals surface area contributed by atoms with Gasteiger partial charge in [-0.2, -0.15) is 0 Å². The van der Waals surface area contributed by atoms with E-state index in [1.807, 2.05) is 18.2 Å². The largest absolute Gasteiger partial charge is 0.465 e. The zero-order valence-corrected chi connectivity index (χ0v) is 33.9. The number of ether oxygens (including phenoxy) is 1. The van der Waals surface area contributed by atoms with Crippen LogP contribution in [0.3, 0.4) is 0 Å². The number of nitrogens with zero attached hydrogens (tertiary/aromatic N) is 5. The first-order valence-corrected chi connectivity index (χ1v) is 22.6. The molecule has 5 aliphatic heterocycles. The van der Waals surface area contributed by atoms with E-state index in [1.54, 1.807) is 23.1 Å². The predicted octanol–water partition coefficient (Wildman–Crippen LogP) is 3.93. The van der Waals surface area contributed by atoms with Crippen LogP contribution in [0.1, 0.15) is 44.1 Å². The molecule has 12 nitrogen and oxygen atoms in total. The summed E-state index contributed by atoms with van der Waals surface area (Å²) < 4.78 is 47.7. The van der Waals surface area contributed by atoms with E-state index in [-0.39, 0.29) is 42.2 Å². The number of nitrogens with one attached hydrogen (secondary N) is 1. The topological polar surface area (TPSA) is 126 Å². The van der Waals surface area contributed by atoms with Gasteiger partial charge in [-0.25, -0.2) is 17.6 Å². The van der Waals surface area contributed by atoms with Gasteiger partial charge in [-0.05, 0) is 106 Å². The lowest BCUT2D eigenvalue weighted by molar-refractivity contribution is -0.130. The van der Waals surface area contributed by atoms with Crippen LogP contribution >= 0.6 is 0 Å². The third-order valence-corrected chi connectivity index (χ3v) is 16.1. The number of rotatable bonds is 14. The molecule has 57 heavy (non-hydrogen) atoms. The lowest BCUT2D eigenvalue weighted by Gasteiger charge is -2.54. The SMILES string of the molecule is C=C(CN1CCOCC1)C(=O)N1CC(S(=O)(=O)c2cccc(N3CC(CN4CCC([C@@](CN5CCC5)(c5cccc(F)c5)[C@H]5CCC[C@@H]5NC(=O)O)CC4)C3)c2)C1. The van der Waals surface area contributed by atoms with Gasteiger partial charge in [0.2, 0.25) is 0 Å². The van der Waals surface area contributed by atoms with Gasteiger partial charge in [-0.1, -0.05) is 31.2 Å². The number of morpholine rings is 1. The minimum Gasteiger partial charge on any atom is -0.465 e. The molecule has 3 atom stereocenters. The van der Waals surface area contributed by atoms with Gasteiger partial charge in [0.15, 0.2) is 9.84 Å². The standard InChI is InChI=1S/C43H59FN6O6S/c1-31(24-47-18-20-56-21-19-47)41(51)50-28-38(29-50)57(54,55)37-9-3-8-36(23-37)49-26-32(27-49)25-46-16-12-33(13-17-46)43(30-48-14-5-15-48,34-6-2-7-35(44)22-34)39-10-4-11-40(39)45-42(52)53/h2-3,6-9,22-23,32-33,38-40,45H,1,4-5,10-21,24-30H2,(H,52,53)/t39-,40-,43-/m0/s1. The van der Waals surface area contributed by atoms with Crippen LogP contribution in [-0.2, 0) is 24.8 Å². The second-order valence-corrected chi connectivity index (χ2v) is 19.7. The van der Waals surface area contributed by atoms with Gasteiger partial charge in [0.25, 0.3) is 5.91 Å². The number of sulfone groups is 1. The Bertz CT molecular complexity index is 1890. The van der Waals surface area contributed by atoms with Crippen LogP contribution in [0.5, 0.6) is 0 Å². The summed E-state index contributed by atoms with van der Waals surface area (Å²) >= 11 is 0. The number of anilines is 1. The summed E-state index contributed by atoms with van der Waals surface area (Å²) in [7, 11) is -3.60. The third kappa shape index (κ3) is 8.48. The highest BCUT2D eigenvalue weighted by Crippen LogP contribution is 2.51. The maximum absolute atomic E-state index is 15.0. The third-order valence-electron chi connectivity index (χ3n) is 14.0. The lowest BCUT2D eigenvalue weighted by Crippen LogP contribution is -2.60. The summed E-state index contributed by atoms with van der Waals surface area (Å²) in [4.78, 5) is 36.3. The Morgan fingerprint density at radius 1 is 0.877 bits per heavy atom. The molecule has 6 aliphatic rings. The number of amides is 2. The number of carbonyl (C=O) groups is 2. The fraction of sp³-hybridized carbons (Fsp3) is 0.628. The van der Waals surface area contributed by atoms with Crippen molar-refractivity contribution in [3.8, 4) is 0 Å². The fourth-order valence-electron chi connectivity index (χ4n) is 10.7. The molecule has 0 unspecified atom stereocenters. The molecule has 1 saturated carbocycles. The second-order valence-electron chi connectivity index (χ2n) is 17.5. The van der Waals surface area contributed by atoms with Crippen LogP contribution in [-0.4, -0.2) is 155 Å². The van der Waals surface area contributed by atoms with E-state index in [9.17, 15) is 27.5 Å². The van der Waals surface area contributed by atoms with Crippen molar-refractivity contribution >= 4 is 27.5 Å². The van der Waals surface area contributed by atoms with Gasteiger partial charge < -0.3 is 34.8 Å². The number of piperidine rings is 1. The summed E-state index contributed by atoms with van der Waals surface area (Å²) in [6.07, 6.45) is 4.83. The summed E-state index contributed by atoms with van der Waals surface area (Å²) in [5, 5.41) is 12.0. The molecule has 8 rings (SSSR count). The van der Waals surface area contributed by atoms with E-state index in [0.29, 0.717) is 42.1 Å². The number of hydrogen-bond acceptors (Lipinski definition) is 9. The van der Waals surface area contributed by atoms with Crippen molar-refractivity contribution < 1.29 is 32.2 Å². The summed E-state index contributed by atoms with van der Waals surface area (Å²) in [6, 6.07) is 14.2. The number of hydrogen-bond donors (Lipinski definition) is 2. The Balaban J connectivity index is 0.864. The quantitative estimate of drug-likeness (QED) is 0.272. The molecular formula is C43H59FN6O6S. The lowest BCUT2D eigenvalue weighted by atomic mass is 9.57. The fourth-order valence-corrected chi connectivity index (χ4v) is 12.4. The Kier molecular flexibility index (Phi) is 12.0. The van der Waals surface area contributed by atoms with Gasteiger partial charge in [0.05, 0.1) is 18.1 Å². The van der Waals surface area contributed by atoms with Gasteiger partial charge in [-0.15, -0.1) is 0 Å². The Labute approximate surface area is 336 Å². The highest BCUT2D eigenvalue weighted by molar-refractivity contribution is 7.92. The molecule has 0 radical (unpaired) electrons. The molecule has 0 aromatic heterocycles. The molecule has 0 bridgehead atoms. The van der Waals surface area contributed by atoms with Crippen LogP contribution in [0.25, 0.3) is 0 Å². The van der Waals surface area contributed by atoms with Gasteiger partial charge in [0, 0.05) is 87.5 Å². The molecule has 6 fully saturated rings. The number of carbonyl (C=O) groups excluding carboxylic acids is 1. The van der Waals surface area contributed by atoms with Gasteiger partial charge >= 0.3 is 6.09 Å². The minimum atomic E-state index is -3.60. The monoisotopic (exact) mass is 806 g/mol. The van der Waals surface area contributed by atoms with Crippen LogP contribution in [0.4, 0.5) is 14.9 Å². The van der Waals surface area contributed by atoms with Crippen molar-refractivity contribution in [3.63, 3.8) is 0 Å². The van der Waals surface area contributed by atoms with Gasteiger partial charge in [-0.3, -0.25) is 9.69 Å². The zero-order chi connectivity index (χ0) is 39.7. The normalized spacial score (nSPS) is 25.6. The van der Waals surface area contributed by atoms with E-state index in [0.717, 1.165) is 115 Å². The first kappa shape index (κ1) is 40.2. The highest BCUT2D eigenvalue weighted by atomic mass is 32.2. The molecule has 2 N–H and O–H groups in total. The average Bonchev–Trinajstić information content (AvgIpc) is 3.60. The molecule has 5 saturated heterocycles. The van der Waals surface area contributed by atoms with E-state index in [4.69, 9.17) is 4.74 Å². The molecule has 310 valence electrons. The van der Waals surface area contributed by atoms with Crippen molar-refractivity contribution in [3.05, 3.63) is 72.1 Å². The van der Waals surface area contributed by atoms with E-state index in [2.05, 4.69) is 37.6 Å². The zero-order valence-electron chi connectivity index (χ0n) is 33.1. The maximum Gasteiger partial charge on any atom is 0.404 e. The van der Waals surface area contributed by atoms with E-state index in [1.165, 1.54) is 6.07 Å². The van der Waals surface area contributed by atoms with E-state index < -0.39 is 21.2 Å². The minimum absolute atomic E-state index is 0.101. The summed E-state index contributed by atoms with van der Waals surface area (Å²) in [6.45, 7) is 15.1. The van der Waals surface area contributed by atoms with Crippen molar-refractivity contribution in [2.45, 2.75) is 60.1 Å². The van der Waals surface area contributed by atoms with Crippen LogP contribution in [0.2, 0.25) is 0 Å². The van der Waals surface area contributed by atoms with Crippen molar-refractivity contribution in [1.29, 1.82) is 0 Å². The average molecular weight is 807 g/mol. The molecule has 14 heteroatoms. The maximum atomic E-state index is 15.0. The van der Waals surface area contributed by atoms with E-state index >= 15 is 0 Å². The van der Waals surface area contributed by atoms with Crippen LogP contribution in [0, 0.1) is 23.6 Å². The number of likely N-dealkylation sites (tertiary alicyclic amines) is 3. The number of benzene rings is 2. The number of carboxylic acid groups (broad SMARTS) is 1. The number of halogens is 1. The molecule has 1 aliphatic carbocycles. The smallest absolute Gasteiger partial charge is 0.404 e. The summed E-state index contributed by atoms with van der Waals surface area (Å²) in [5.74, 6) is 0.454. The first-order chi connectivity index (χ1) is 27.5. The first-order valence-electron chi connectivity index (χ1n) is 21.1. The molecule has 0 spiro atoms. The predicted molar refractivity (Wildman–Crippen MR) is 217 cm³/mol. The molecule has 2 aromatic carbocycles. The van der Waals surface area contributed by atoms with Crippen molar-refractivity contribution in [2.24, 2.45) is 17.8 Å². The summed E-state index contributed by atoms with van der Waals surface area (Å²) in [5.41, 5.74) is 2.06. The Morgan fingerprint density at radius 3 is 2.30 bits per heavy atom. The second kappa shape index (κ2) is 17.0. The molecule has 2 aromatic rings. The highest BCUT2D eigenvalue weighted by Gasteiger charge is 2.53. The molecular weight excluding hydrogens is 748 g/mol. The Hall–Kier alpha value is -3.56. The molecule has 2 amide bonds. The van der Waals surface area contributed by atoms with Crippen LogP contribution in [0.15, 0.2) is 65.6 Å². The van der Waals surface area contributed by atoms with Gasteiger partial charge in [0.1, 0.15) is 11.1 Å². The van der Waals surface area contributed by atoms with Crippen molar-refractivity contribution in [2.75, 3.05) is 103 Å². The van der Waals surface area contributed by atoms with Crippen LogP contribution < -0.4 is 10.2 Å².